The molecule has 0 radical (unpaired) electrons. The van der Waals surface area contributed by atoms with E-state index in [2.05, 4.69) is 15.6 Å². The third-order valence-electron chi connectivity index (χ3n) is 3.91. The molecule has 0 aliphatic heterocycles. The number of fused-ring (bicyclic) bond motifs is 1. The summed E-state index contributed by atoms with van der Waals surface area (Å²) in [5, 5.41) is 7.60. The molecule has 130 valence electrons. The van der Waals surface area contributed by atoms with Gasteiger partial charge in [0, 0.05) is 29.9 Å². The molecular formula is C19H15FN4OS. The molecule has 0 fully saturated rings. The molecule has 7 heteroatoms. The highest BCUT2D eigenvalue weighted by atomic mass is 32.1. The van der Waals surface area contributed by atoms with E-state index in [4.69, 9.17) is 0 Å². The number of thiazole rings is 1. The van der Waals surface area contributed by atoms with E-state index in [9.17, 15) is 9.18 Å². The van der Waals surface area contributed by atoms with Crippen molar-refractivity contribution >= 4 is 28.0 Å². The van der Waals surface area contributed by atoms with Gasteiger partial charge in [0.15, 0.2) is 4.96 Å². The van der Waals surface area contributed by atoms with Crippen LogP contribution in [0.5, 0.6) is 0 Å². The summed E-state index contributed by atoms with van der Waals surface area (Å²) in [6.45, 7) is 0.314. The molecule has 2 amide bonds. The molecule has 5 nitrogen and oxygen atoms in total. The van der Waals surface area contributed by atoms with Gasteiger partial charge in [-0.05, 0) is 23.8 Å². The van der Waals surface area contributed by atoms with Crippen LogP contribution in [-0.2, 0) is 6.54 Å². The van der Waals surface area contributed by atoms with Crippen LogP contribution < -0.4 is 10.6 Å². The Morgan fingerprint density at radius 3 is 2.77 bits per heavy atom. The molecule has 0 atom stereocenters. The number of hydrogen-bond acceptors (Lipinski definition) is 3. The van der Waals surface area contributed by atoms with Gasteiger partial charge < -0.3 is 10.6 Å². The Labute approximate surface area is 153 Å². The number of aromatic nitrogens is 2. The number of anilines is 1. The van der Waals surface area contributed by atoms with E-state index in [-0.39, 0.29) is 11.8 Å². The summed E-state index contributed by atoms with van der Waals surface area (Å²) in [6.07, 6.45) is 3.88. The highest BCUT2D eigenvalue weighted by molar-refractivity contribution is 7.15. The zero-order chi connectivity index (χ0) is 17.9. The average molecular weight is 366 g/mol. The van der Waals surface area contributed by atoms with Crippen LogP contribution >= 0.6 is 11.3 Å². The lowest BCUT2D eigenvalue weighted by Gasteiger charge is -2.11. The van der Waals surface area contributed by atoms with Crippen molar-refractivity contribution in [3.63, 3.8) is 0 Å². The molecule has 4 aromatic rings. The quantitative estimate of drug-likeness (QED) is 0.558. The highest BCUT2D eigenvalue weighted by Crippen LogP contribution is 2.28. The number of amides is 2. The van der Waals surface area contributed by atoms with E-state index in [1.54, 1.807) is 23.5 Å². The second-order valence-corrected chi connectivity index (χ2v) is 6.57. The summed E-state index contributed by atoms with van der Waals surface area (Å²) in [5.74, 6) is -0.299. The molecule has 26 heavy (non-hydrogen) atoms. The third kappa shape index (κ3) is 3.43. The number of carbonyl (C=O) groups excluding carboxylic acids is 1. The molecule has 0 saturated carbocycles. The number of urea groups is 1. The predicted octanol–water partition coefficient (Wildman–Crippen LogP) is 4.52. The van der Waals surface area contributed by atoms with E-state index in [1.165, 1.54) is 12.1 Å². The van der Waals surface area contributed by atoms with Crippen LogP contribution in [0.4, 0.5) is 14.9 Å². The van der Waals surface area contributed by atoms with Gasteiger partial charge in [-0.15, -0.1) is 11.3 Å². The predicted molar refractivity (Wildman–Crippen MR) is 101 cm³/mol. The number of halogens is 1. The van der Waals surface area contributed by atoms with Crippen molar-refractivity contribution < 1.29 is 9.18 Å². The Balaban J connectivity index is 1.48. The molecule has 2 heterocycles. The summed E-state index contributed by atoms with van der Waals surface area (Å²) in [7, 11) is 0. The molecule has 0 saturated heterocycles. The van der Waals surface area contributed by atoms with Crippen molar-refractivity contribution in [2.75, 3.05) is 5.32 Å². The van der Waals surface area contributed by atoms with Crippen molar-refractivity contribution in [2.45, 2.75) is 6.54 Å². The number of nitrogens with one attached hydrogen (secondary N) is 2. The van der Waals surface area contributed by atoms with Crippen LogP contribution in [0, 0.1) is 5.82 Å². The topological polar surface area (TPSA) is 58.4 Å². The lowest BCUT2D eigenvalue weighted by atomic mass is 10.1. The zero-order valence-corrected chi connectivity index (χ0v) is 14.5. The second kappa shape index (κ2) is 6.97. The highest BCUT2D eigenvalue weighted by Gasteiger charge is 2.11. The molecular weight excluding hydrogens is 351 g/mol. The summed E-state index contributed by atoms with van der Waals surface area (Å²) in [5.41, 5.74) is 3.14. The Hall–Kier alpha value is -3.19. The first kappa shape index (κ1) is 16.3. The van der Waals surface area contributed by atoms with Gasteiger partial charge in [0.2, 0.25) is 0 Å². The first-order chi connectivity index (χ1) is 12.7. The summed E-state index contributed by atoms with van der Waals surface area (Å²) >= 11 is 1.55. The number of benzene rings is 2. The fraction of sp³-hybridized carbons (Fsp3) is 0.0526. The minimum Gasteiger partial charge on any atom is -0.334 e. The largest absolute Gasteiger partial charge is 0.334 e. The van der Waals surface area contributed by atoms with Crippen molar-refractivity contribution in [1.29, 1.82) is 0 Å². The fourth-order valence-electron chi connectivity index (χ4n) is 2.62. The molecule has 0 spiro atoms. The monoisotopic (exact) mass is 366 g/mol. The molecule has 0 aliphatic rings. The van der Waals surface area contributed by atoms with Crippen molar-refractivity contribution in [3.8, 4) is 11.3 Å². The normalized spacial score (nSPS) is 10.8. The third-order valence-corrected chi connectivity index (χ3v) is 4.68. The Kier molecular flexibility index (Phi) is 4.37. The van der Waals surface area contributed by atoms with E-state index in [0.29, 0.717) is 12.2 Å². The first-order valence-electron chi connectivity index (χ1n) is 8.00. The maximum absolute atomic E-state index is 12.9. The Bertz CT molecular complexity index is 1030. The summed E-state index contributed by atoms with van der Waals surface area (Å²) in [6, 6.07) is 13.2. The lowest BCUT2D eigenvalue weighted by molar-refractivity contribution is 0.252. The molecule has 4 rings (SSSR count). The van der Waals surface area contributed by atoms with Crippen LogP contribution in [0.3, 0.4) is 0 Å². The average Bonchev–Trinajstić information content (AvgIpc) is 3.24. The van der Waals surface area contributed by atoms with Crippen LogP contribution in [0.1, 0.15) is 5.56 Å². The number of nitrogens with zero attached hydrogens (tertiary/aromatic N) is 2. The fourth-order valence-corrected chi connectivity index (χ4v) is 3.32. The van der Waals surface area contributed by atoms with Gasteiger partial charge in [-0.2, -0.15) is 0 Å². The van der Waals surface area contributed by atoms with Gasteiger partial charge in [-0.1, -0.05) is 30.3 Å². The molecule has 0 unspecified atom stereocenters. The minimum absolute atomic E-state index is 0.299. The van der Waals surface area contributed by atoms with Gasteiger partial charge in [0.25, 0.3) is 0 Å². The number of carbonyl (C=O) groups is 1. The minimum atomic E-state index is -0.331. The molecule has 0 bridgehead atoms. The van der Waals surface area contributed by atoms with Crippen LogP contribution in [-0.4, -0.2) is 15.4 Å². The van der Waals surface area contributed by atoms with Gasteiger partial charge >= 0.3 is 6.03 Å². The van der Waals surface area contributed by atoms with Crippen molar-refractivity contribution in [3.05, 3.63) is 77.7 Å². The van der Waals surface area contributed by atoms with E-state index >= 15 is 0 Å². The SMILES string of the molecule is O=C(NCc1ccc(F)cc1)Nc1ccccc1-c1cn2ccsc2n1. The van der Waals surface area contributed by atoms with Crippen molar-refractivity contribution in [2.24, 2.45) is 0 Å². The Morgan fingerprint density at radius 2 is 1.96 bits per heavy atom. The molecule has 0 aliphatic carbocycles. The number of hydrogen-bond donors (Lipinski definition) is 2. The van der Waals surface area contributed by atoms with Crippen LogP contribution in [0.2, 0.25) is 0 Å². The maximum Gasteiger partial charge on any atom is 0.319 e. The number of rotatable bonds is 4. The summed E-state index contributed by atoms with van der Waals surface area (Å²) < 4.78 is 14.9. The Morgan fingerprint density at radius 1 is 1.15 bits per heavy atom. The van der Waals surface area contributed by atoms with Crippen LogP contribution in [0.15, 0.2) is 66.3 Å². The number of imidazole rings is 1. The molecule has 2 aromatic heterocycles. The molecule has 2 N–H and O–H groups in total. The second-order valence-electron chi connectivity index (χ2n) is 5.70. The van der Waals surface area contributed by atoms with E-state index < -0.39 is 0 Å². The van der Waals surface area contributed by atoms with Gasteiger partial charge in [-0.25, -0.2) is 14.2 Å². The smallest absolute Gasteiger partial charge is 0.319 e. The van der Waals surface area contributed by atoms with E-state index in [1.807, 2.05) is 46.4 Å². The first-order valence-corrected chi connectivity index (χ1v) is 8.88. The van der Waals surface area contributed by atoms with E-state index in [0.717, 1.165) is 21.8 Å². The van der Waals surface area contributed by atoms with Gasteiger partial charge in [0.05, 0.1) is 11.4 Å². The maximum atomic E-state index is 12.9. The standard InChI is InChI=1S/C19H15FN4OS/c20-14-7-5-13(6-8-14)11-21-18(25)22-16-4-2-1-3-15(16)17-12-24-9-10-26-19(24)23-17/h1-10,12H,11H2,(H2,21,22,25). The lowest BCUT2D eigenvalue weighted by Crippen LogP contribution is -2.28. The van der Waals surface area contributed by atoms with Gasteiger partial charge in [-0.3, -0.25) is 4.40 Å². The van der Waals surface area contributed by atoms with Crippen molar-refractivity contribution in [1.82, 2.24) is 14.7 Å². The van der Waals surface area contributed by atoms with Gasteiger partial charge in [0.1, 0.15) is 5.82 Å². The molecule has 2 aromatic carbocycles. The zero-order valence-electron chi connectivity index (χ0n) is 13.6. The number of para-hydroxylation sites is 1. The van der Waals surface area contributed by atoms with Crippen LogP contribution in [0.25, 0.3) is 16.2 Å². The summed E-state index contributed by atoms with van der Waals surface area (Å²) in [4.78, 5) is 17.7.